The van der Waals surface area contributed by atoms with Gasteiger partial charge in [0.2, 0.25) is 0 Å². The molecule has 1 aromatic carbocycles. The minimum absolute atomic E-state index is 0.231. The Morgan fingerprint density at radius 3 is 2.43 bits per heavy atom. The van der Waals surface area contributed by atoms with Crippen LogP contribution in [0, 0.1) is 0 Å². The molecule has 1 heterocycles. The highest BCUT2D eigenvalue weighted by Crippen LogP contribution is 2.25. The van der Waals surface area contributed by atoms with Gasteiger partial charge in [-0.2, -0.15) is 5.10 Å². The molecule has 0 fully saturated rings. The quantitative estimate of drug-likeness (QED) is 0.842. The number of nitrogens with one attached hydrogen (secondary N) is 1. The SMILES string of the molecule is CCCc1ccc(C(NCC)c2cn(C)nc2CC)cc1. The molecule has 0 aliphatic carbocycles. The van der Waals surface area contributed by atoms with E-state index in [-0.39, 0.29) is 6.04 Å². The summed E-state index contributed by atoms with van der Waals surface area (Å²) in [5, 5.41) is 8.18. The lowest BCUT2D eigenvalue weighted by Gasteiger charge is -2.19. The van der Waals surface area contributed by atoms with E-state index in [9.17, 15) is 0 Å². The second-order valence-electron chi connectivity index (χ2n) is 5.54. The summed E-state index contributed by atoms with van der Waals surface area (Å²) in [6, 6.07) is 9.25. The Kier molecular flexibility index (Phi) is 5.57. The van der Waals surface area contributed by atoms with Crippen LogP contribution in [-0.4, -0.2) is 16.3 Å². The number of aromatic nitrogens is 2. The number of hydrogen-bond donors (Lipinski definition) is 1. The summed E-state index contributed by atoms with van der Waals surface area (Å²) in [5.74, 6) is 0. The first-order valence-corrected chi connectivity index (χ1v) is 8.04. The van der Waals surface area contributed by atoms with Gasteiger partial charge in [-0.05, 0) is 30.5 Å². The van der Waals surface area contributed by atoms with Gasteiger partial charge in [-0.15, -0.1) is 0 Å². The van der Waals surface area contributed by atoms with Crippen LogP contribution in [0.5, 0.6) is 0 Å². The Morgan fingerprint density at radius 1 is 1.14 bits per heavy atom. The molecular formula is C18H27N3. The Balaban J connectivity index is 2.33. The van der Waals surface area contributed by atoms with Crippen molar-refractivity contribution in [2.24, 2.45) is 7.05 Å². The molecule has 0 amide bonds. The molecule has 114 valence electrons. The maximum atomic E-state index is 4.58. The molecule has 0 spiro atoms. The van der Waals surface area contributed by atoms with Crippen molar-refractivity contribution in [2.45, 2.75) is 46.1 Å². The highest BCUT2D eigenvalue weighted by atomic mass is 15.3. The van der Waals surface area contributed by atoms with Crippen molar-refractivity contribution < 1.29 is 0 Å². The average molecular weight is 285 g/mol. The molecule has 0 saturated carbocycles. The van der Waals surface area contributed by atoms with E-state index < -0.39 is 0 Å². The van der Waals surface area contributed by atoms with Gasteiger partial charge in [0.25, 0.3) is 0 Å². The lowest BCUT2D eigenvalue weighted by molar-refractivity contribution is 0.625. The molecule has 2 rings (SSSR count). The van der Waals surface area contributed by atoms with Gasteiger partial charge in [0.1, 0.15) is 0 Å². The summed E-state index contributed by atoms with van der Waals surface area (Å²) in [6.45, 7) is 7.48. The molecular weight excluding hydrogens is 258 g/mol. The second-order valence-corrected chi connectivity index (χ2v) is 5.54. The molecule has 0 radical (unpaired) electrons. The molecule has 2 aromatic rings. The minimum atomic E-state index is 0.231. The van der Waals surface area contributed by atoms with Gasteiger partial charge >= 0.3 is 0 Å². The predicted octanol–water partition coefficient (Wildman–Crippen LogP) is 3.63. The highest BCUT2D eigenvalue weighted by molar-refractivity contribution is 5.35. The molecule has 3 nitrogen and oxygen atoms in total. The summed E-state index contributed by atoms with van der Waals surface area (Å²) in [5.41, 5.74) is 5.21. The number of aryl methyl sites for hydroxylation is 3. The molecule has 1 N–H and O–H groups in total. The first-order valence-electron chi connectivity index (χ1n) is 8.04. The first kappa shape index (κ1) is 15.8. The van der Waals surface area contributed by atoms with Crippen LogP contribution in [0.1, 0.15) is 55.6 Å². The maximum absolute atomic E-state index is 4.58. The fourth-order valence-electron chi connectivity index (χ4n) is 2.85. The Morgan fingerprint density at radius 2 is 1.86 bits per heavy atom. The summed E-state index contributed by atoms with van der Waals surface area (Å²) in [7, 11) is 2.00. The zero-order valence-corrected chi connectivity index (χ0v) is 13.7. The van der Waals surface area contributed by atoms with E-state index in [0.29, 0.717) is 0 Å². The summed E-state index contributed by atoms with van der Waals surface area (Å²) < 4.78 is 1.92. The third kappa shape index (κ3) is 3.73. The van der Waals surface area contributed by atoms with Crippen molar-refractivity contribution >= 4 is 0 Å². The summed E-state index contributed by atoms with van der Waals surface area (Å²) in [4.78, 5) is 0. The molecule has 0 bridgehead atoms. The average Bonchev–Trinajstić information content (AvgIpc) is 2.87. The Labute approximate surface area is 128 Å². The van der Waals surface area contributed by atoms with E-state index in [1.165, 1.54) is 28.8 Å². The third-order valence-electron chi connectivity index (χ3n) is 3.84. The Bertz CT molecular complexity index is 554. The van der Waals surface area contributed by atoms with E-state index in [1.54, 1.807) is 0 Å². The molecule has 1 atom stereocenters. The van der Waals surface area contributed by atoms with Crippen LogP contribution in [0.3, 0.4) is 0 Å². The van der Waals surface area contributed by atoms with Crippen molar-refractivity contribution in [2.75, 3.05) is 6.54 Å². The zero-order valence-electron chi connectivity index (χ0n) is 13.7. The normalized spacial score (nSPS) is 12.6. The molecule has 1 unspecified atom stereocenters. The first-order chi connectivity index (χ1) is 10.2. The standard InChI is InChI=1S/C18H27N3/c1-5-8-14-9-11-15(12-10-14)18(19-7-3)16-13-21(4)20-17(16)6-2/h9-13,18-19H,5-8H2,1-4H3. The molecule has 0 aliphatic rings. The predicted molar refractivity (Wildman–Crippen MR) is 88.5 cm³/mol. The number of hydrogen-bond acceptors (Lipinski definition) is 2. The monoisotopic (exact) mass is 285 g/mol. The van der Waals surface area contributed by atoms with Crippen LogP contribution in [0.15, 0.2) is 30.5 Å². The van der Waals surface area contributed by atoms with Gasteiger partial charge < -0.3 is 5.32 Å². The maximum Gasteiger partial charge on any atom is 0.0673 e. The van der Waals surface area contributed by atoms with Crippen molar-refractivity contribution in [3.63, 3.8) is 0 Å². The smallest absolute Gasteiger partial charge is 0.0673 e. The number of nitrogens with zero attached hydrogens (tertiary/aromatic N) is 2. The van der Waals surface area contributed by atoms with E-state index in [2.05, 4.69) is 61.6 Å². The van der Waals surface area contributed by atoms with Crippen LogP contribution in [0.4, 0.5) is 0 Å². The van der Waals surface area contributed by atoms with Crippen molar-refractivity contribution in [3.05, 3.63) is 52.8 Å². The lowest BCUT2D eigenvalue weighted by Crippen LogP contribution is -2.22. The lowest BCUT2D eigenvalue weighted by atomic mass is 9.96. The van der Waals surface area contributed by atoms with Crippen molar-refractivity contribution in [3.8, 4) is 0 Å². The summed E-state index contributed by atoms with van der Waals surface area (Å²) in [6.07, 6.45) is 5.45. The molecule has 3 heteroatoms. The largest absolute Gasteiger partial charge is 0.306 e. The van der Waals surface area contributed by atoms with Gasteiger partial charge in [-0.3, -0.25) is 4.68 Å². The van der Waals surface area contributed by atoms with Crippen LogP contribution in [0.25, 0.3) is 0 Å². The van der Waals surface area contributed by atoms with Crippen molar-refractivity contribution in [1.82, 2.24) is 15.1 Å². The molecule has 0 aliphatic heterocycles. The highest BCUT2D eigenvalue weighted by Gasteiger charge is 2.18. The number of rotatable bonds is 7. The van der Waals surface area contributed by atoms with Gasteiger partial charge in [-0.1, -0.05) is 51.5 Å². The van der Waals surface area contributed by atoms with Gasteiger partial charge in [0.15, 0.2) is 0 Å². The van der Waals surface area contributed by atoms with E-state index in [4.69, 9.17) is 0 Å². The second kappa shape index (κ2) is 7.41. The van der Waals surface area contributed by atoms with Crippen LogP contribution >= 0.6 is 0 Å². The van der Waals surface area contributed by atoms with Crippen LogP contribution < -0.4 is 5.32 Å². The van der Waals surface area contributed by atoms with E-state index in [0.717, 1.165) is 19.4 Å². The number of benzene rings is 1. The van der Waals surface area contributed by atoms with Gasteiger partial charge in [0, 0.05) is 18.8 Å². The fourth-order valence-corrected chi connectivity index (χ4v) is 2.85. The molecule has 1 aromatic heterocycles. The summed E-state index contributed by atoms with van der Waals surface area (Å²) >= 11 is 0. The third-order valence-corrected chi connectivity index (χ3v) is 3.84. The van der Waals surface area contributed by atoms with Crippen LogP contribution in [-0.2, 0) is 19.9 Å². The molecule has 0 saturated heterocycles. The fraction of sp³-hybridized carbons (Fsp3) is 0.500. The zero-order chi connectivity index (χ0) is 15.2. The van der Waals surface area contributed by atoms with Crippen LogP contribution in [0.2, 0.25) is 0 Å². The van der Waals surface area contributed by atoms with Crippen molar-refractivity contribution in [1.29, 1.82) is 0 Å². The van der Waals surface area contributed by atoms with Gasteiger partial charge in [0.05, 0.1) is 11.7 Å². The minimum Gasteiger partial charge on any atom is -0.306 e. The topological polar surface area (TPSA) is 29.9 Å². The Hall–Kier alpha value is -1.61. The van der Waals surface area contributed by atoms with E-state index >= 15 is 0 Å². The van der Waals surface area contributed by atoms with Gasteiger partial charge in [-0.25, -0.2) is 0 Å². The van der Waals surface area contributed by atoms with E-state index in [1.807, 2.05) is 11.7 Å². The molecule has 21 heavy (non-hydrogen) atoms.